The highest BCUT2D eigenvalue weighted by atomic mass is 19.1. The number of nitrogens with one attached hydrogen (secondary N) is 1. The molecule has 3 aromatic rings. The number of amides is 2. The Bertz CT molecular complexity index is 1250. The molecule has 0 saturated heterocycles. The number of carbonyl (C=O) groups excluding carboxylic acids is 2. The second kappa shape index (κ2) is 7.28. The first-order valence-electron chi connectivity index (χ1n) is 9.63. The van der Waals surface area contributed by atoms with Crippen molar-refractivity contribution in [3.8, 4) is 11.5 Å². The van der Waals surface area contributed by atoms with Gasteiger partial charge in [-0.1, -0.05) is 24.3 Å². The number of hydrogen-bond donors (Lipinski definition) is 1. The van der Waals surface area contributed by atoms with Crippen LogP contribution in [0.3, 0.4) is 0 Å². The summed E-state index contributed by atoms with van der Waals surface area (Å²) in [4.78, 5) is 27.9. The Balaban J connectivity index is 1.60. The highest BCUT2D eigenvalue weighted by Crippen LogP contribution is 2.37. The van der Waals surface area contributed by atoms with Gasteiger partial charge in [0.15, 0.2) is 11.5 Å². The molecule has 3 aromatic carbocycles. The number of anilines is 2. The van der Waals surface area contributed by atoms with E-state index in [1.54, 1.807) is 36.4 Å². The maximum Gasteiger partial charge on any atom is 0.282 e. The Kier molecular flexibility index (Phi) is 4.43. The van der Waals surface area contributed by atoms with Crippen LogP contribution in [0.15, 0.2) is 72.4 Å². The van der Waals surface area contributed by atoms with E-state index in [4.69, 9.17) is 9.47 Å². The van der Waals surface area contributed by atoms with E-state index < -0.39 is 17.6 Å². The van der Waals surface area contributed by atoms with Gasteiger partial charge in [0, 0.05) is 11.8 Å². The van der Waals surface area contributed by atoms with Crippen molar-refractivity contribution in [2.24, 2.45) is 0 Å². The molecule has 154 valence electrons. The van der Waals surface area contributed by atoms with E-state index in [9.17, 15) is 14.0 Å². The minimum Gasteiger partial charge on any atom is -0.454 e. The van der Waals surface area contributed by atoms with Crippen LogP contribution in [0.1, 0.15) is 11.1 Å². The summed E-state index contributed by atoms with van der Waals surface area (Å²) in [5.41, 5.74) is 2.67. The van der Waals surface area contributed by atoms with Crippen molar-refractivity contribution >= 4 is 28.8 Å². The fourth-order valence-electron chi connectivity index (χ4n) is 3.65. The van der Waals surface area contributed by atoms with Crippen molar-refractivity contribution in [3.05, 3.63) is 89.4 Å². The lowest BCUT2D eigenvalue weighted by Gasteiger charge is -2.16. The molecule has 2 heterocycles. The summed E-state index contributed by atoms with van der Waals surface area (Å²) >= 11 is 0. The lowest BCUT2D eigenvalue weighted by molar-refractivity contribution is -0.120. The van der Waals surface area contributed by atoms with Crippen LogP contribution in [0, 0.1) is 12.7 Å². The standard InChI is InChI=1S/C24H17FN2O4/c1-14-3-2-4-18(11-14)27-23(28)21(15-5-7-16(25)8-6-15)22(24(27)29)26-17-9-10-19-20(12-17)31-13-30-19/h2-12,26H,13H2,1H3. The van der Waals surface area contributed by atoms with Crippen molar-refractivity contribution in [2.75, 3.05) is 17.0 Å². The second-order valence-corrected chi connectivity index (χ2v) is 7.23. The molecule has 0 radical (unpaired) electrons. The molecular formula is C24H17FN2O4. The molecule has 0 aromatic heterocycles. The van der Waals surface area contributed by atoms with Gasteiger partial charge in [0.1, 0.15) is 11.5 Å². The Morgan fingerprint density at radius 3 is 2.45 bits per heavy atom. The highest BCUT2D eigenvalue weighted by Gasteiger charge is 2.40. The Morgan fingerprint density at radius 2 is 1.68 bits per heavy atom. The van der Waals surface area contributed by atoms with Gasteiger partial charge < -0.3 is 14.8 Å². The molecule has 0 aliphatic carbocycles. The van der Waals surface area contributed by atoms with Crippen LogP contribution < -0.4 is 19.7 Å². The molecular weight excluding hydrogens is 399 g/mol. The lowest BCUT2D eigenvalue weighted by atomic mass is 10.0. The number of halogens is 1. The van der Waals surface area contributed by atoms with Crippen molar-refractivity contribution in [2.45, 2.75) is 6.92 Å². The van der Waals surface area contributed by atoms with Crippen LogP contribution in [-0.2, 0) is 9.59 Å². The average molecular weight is 416 g/mol. The topological polar surface area (TPSA) is 67.9 Å². The summed E-state index contributed by atoms with van der Waals surface area (Å²) < 4.78 is 24.2. The van der Waals surface area contributed by atoms with Gasteiger partial charge in [-0.2, -0.15) is 0 Å². The second-order valence-electron chi connectivity index (χ2n) is 7.23. The quantitative estimate of drug-likeness (QED) is 0.644. The van der Waals surface area contributed by atoms with Crippen LogP contribution in [0.5, 0.6) is 11.5 Å². The molecule has 0 unspecified atom stereocenters. The number of hydrogen-bond acceptors (Lipinski definition) is 5. The van der Waals surface area contributed by atoms with E-state index >= 15 is 0 Å². The number of rotatable bonds is 4. The predicted octanol–water partition coefficient (Wildman–Crippen LogP) is 4.26. The normalized spacial score (nSPS) is 15.1. The molecule has 0 saturated carbocycles. The van der Waals surface area contributed by atoms with Crippen molar-refractivity contribution in [1.29, 1.82) is 0 Å². The Labute approximate surface area is 177 Å². The maximum atomic E-state index is 13.5. The SMILES string of the molecule is Cc1cccc(N2C(=O)C(Nc3ccc4c(c3)OCO4)=C(c3ccc(F)cc3)C2=O)c1. The van der Waals surface area contributed by atoms with Crippen LogP contribution in [0.2, 0.25) is 0 Å². The molecule has 1 N–H and O–H groups in total. The third kappa shape index (κ3) is 3.30. The first-order valence-corrected chi connectivity index (χ1v) is 9.63. The van der Waals surface area contributed by atoms with Crippen molar-refractivity contribution in [3.63, 3.8) is 0 Å². The van der Waals surface area contributed by atoms with E-state index in [0.717, 1.165) is 10.5 Å². The van der Waals surface area contributed by atoms with Gasteiger partial charge >= 0.3 is 0 Å². The Morgan fingerprint density at radius 1 is 0.903 bits per heavy atom. The summed E-state index contributed by atoms with van der Waals surface area (Å²) in [6.45, 7) is 2.01. The van der Waals surface area contributed by atoms with Crippen LogP contribution in [0.4, 0.5) is 15.8 Å². The zero-order chi connectivity index (χ0) is 21.5. The molecule has 0 bridgehead atoms. The van der Waals surface area contributed by atoms with Crippen LogP contribution in [-0.4, -0.2) is 18.6 Å². The van der Waals surface area contributed by atoms with Gasteiger partial charge in [-0.15, -0.1) is 0 Å². The Hall–Kier alpha value is -4.13. The zero-order valence-electron chi connectivity index (χ0n) is 16.5. The van der Waals surface area contributed by atoms with Gasteiger partial charge in [-0.25, -0.2) is 9.29 Å². The summed E-state index contributed by atoms with van der Waals surface area (Å²) in [7, 11) is 0. The predicted molar refractivity (Wildman–Crippen MR) is 113 cm³/mol. The van der Waals surface area contributed by atoms with E-state index in [1.807, 2.05) is 13.0 Å². The van der Waals surface area contributed by atoms with Gasteiger partial charge in [0.25, 0.3) is 11.8 Å². The number of imide groups is 1. The van der Waals surface area contributed by atoms with Crippen molar-refractivity contribution in [1.82, 2.24) is 0 Å². The third-order valence-electron chi connectivity index (χ3n) is 5.12. The van der Waals surface area contributed by atoms with Gasteiger partial charge in [0.05, 0.1) is 11.3 Å². The monoisotopic (exact) mass is 416 g/mol. The summed E-state index contributed by atoms with van der Waals surface area (Å²) in [6, 6.07) is 17.8. The summed E-state index contributed by atoms with van der Waals surface area (Å²) in [5.74, 6) is -0.255. The van der Waals surface area contributed by atoms with Crippen LogP contribution >= 0.6 is 0 Å². The molecule has 31 heavy (non-hydrogen) atoms. The molecule has 0 atom stereocenters. The fourth-order valence-corrected chi connectivity index (χ4v) is 3.65. The molecule has 2 aliphatic rings. The number of ether oxygens (including phenoxy) is 2. The molecule has 2 amide bonds. The number of benzene rings is 3. The van der Waals surface area contributed by atoms with Gasteiger partial charge in [-0.3, -0.25) is 9.59 Å². The lowest BCUT2D eigenvalue weighted by Crippen LogP contribution is -2.32. The minimum absolute atomic E-state index is 0.108. The number of aryl methyl sites for hydroxylation is 1. The van der Waals surface area contributed by atoms with Crippen molar-refractivity contribution < 1.29 is 23.5 Å². The van der Waals surface area contributed by atoms with E-state index in [1.165, 1.54) is 24.3 Å². The molecule has 2 aliphatic heterocycles. The van der Waals surface area contributed by atoms with E-state index in [0.29, 0.717) is 28.4 Å². The molecule has 7 heteroatoms. The maximum absolute atomic E-state index is 13.5. The molecule has 5 rings (SSSR count). The first-order chi connectivity index (χ1) is 15.0. The number of fused-ring (bicyclic) bond motifs is 1. The van der Waals surface area contributed by atoms with Gasteiger partial charge in [-0.05, 0) is 54.4 Å². The highest BCUT2D eigenvalue weighted by molar-refractivity contribution is 6.46. The molecule has 0 fully saturated rings. The van der Waals surface area contributed by atoms with E-state index in [2.05, 4.69) is 5.32 Å². The fraction of sp³-hybridized carbons (Fsp3) is 0.0833. The third-order valence-corrected chi connectivity index (χ3v) is 5.12. The first kappa shape index (κ1) is 18.9. The number of carbonyl (C=O) groups is 2. The number of nitrogens with zero attached hydrogens (tertiary/aromatic N) is 1. The summed E-state index contributed by atoms with van der Waals surface area (Å²) in [5, 5.41) is 3.07. The van der Waals surface area contributed by atoms with Crippen LogP contribution in [0.25, 0.3) is 5.57 Å². The van der Waals surface area contributed by atoms with Gasteiger partial charge in [0.2, 0.25) is 6.79 Å². The largest absolute Gasteiger partial charge is 0.454 e. The zero-order valence-corrected chi connectivity index (χ0v) is 16.5. The molecule has 6 nitrogen and oxygen atoms in total. The minimum atomic E-state index is -0.493. The molecule has 0 spiro atoms. The van der Waals surface area contributed by atoms with E-state index in [-0.39, 0.29) is 18.1 Å². The summed E-state index contributed by atoms with van der Waals surface area (Å²) in [6.07, 6.45) is 0. The average Bonchev–Trinajstić information content (AvgIpc) is 3.31. The smallest absolute Gasteiger partial charge is 0.282 e.